The molecule has 118 valence electrons. The molecule has 0 heterocycles. The fraction of sp³-hybridized carbons (Fsp3) is 0.368. The van der Waals surface area contributed by atoms with E-state index >= 15 is 0 Å². The molecule has 0 aliphatic rings. The largest absolute Gasteiger partial charge is 0.497 e. The van der Waals surface area contributed by atoms with Crippen LogP contribution in [0.5, 0.6) is 11.5 Å². The smallest absolute Gasteiger partial charge is 0.124 e. The Morgan fingerprint density at radius 1 is 1.00 bits per heavy atom. The monoisotopic (exact) mass is 299 g/mol. The molecule has 0 aliphatic carbocycles. The molecule has 0 amide bonds. The summed E-state index contributed by atoms with van der Waals surface area (Å²) in [5.74, 6) is 1.86. The van der Waals surface area contributed by atoms with Crippen molar-refractivity contribution in [2.75, 3.05) is 7.11 Å². The first kappa shape index (κ1) is 16.4. The fourth-order valence-corrected chi connectivity index (χ4v) is 2.15. The molecule has 0 fully saturated rings. The number of methoxy groups -OCH3 is 1. The van der Waals surface area contributed by atoms with Gasteiger partial charge in [-0.3, -0.25) is 0 Å². The van der Waals surface area contributed by atoms with E-state index in [0.717, 1.165) is 31.0 Å². The summed E-state index contributed by atoms with van der Waals surface area (Å²) in [4.78, 5) is 0. The topological polar surface area (TPSA) is 30.5 Å². The number of benzene rings is 2. The summed E-state index contributed by atoms with van der Waals surface area (Å²) in [6.45, 7) is 5.84. The molecule has 0 bridgehead atoms. The zero-order valence-corrected chi connectivity index (χ0v) is 13.6. The highest BCUT2D eigenvalue weighted by atomic mass is 16.5. The van der Waals surface area contributed by atoms with Gasteiger partial charge in [0.15, 0.2) is 0 Å². The van der Waals surface area contributed by atoms with E-state index in [1.807, 2.05) is 30.3 Å². The van der Waals surface area contributed by atoms with Gasteiger partial charge in [-0.25, -0.2) is 0 Å². The van der Waals surface area contributed by atoms with Gasteiger partial charge in [0.05, 0.1) is 13.2 Å². The van der Waals surface area contributed by atoms with Crippen LogP contribution in [0.3, 0.4) is 0 Å². The van der Waals surface area contributed by atoms with Crippen molar-refractivity contribution >= 4 is 0 Å². The van der Waals surface area contributed by atoms with E-state index in [0.29, 0.717) is 0 Å². The molecule has 3 heteroatoms. The number of rotatable bonds is 8. The third-order valence-corrected chi connectivity index (χ3v) is 3.68. The minimum Gasteiger partial charge on any atom is -0.497 e. The van der Waals surface area contributed by atoms with Crippen LogP contribution in [0.1, 0.15) is 31.4 Å². The van der Waals surface area contributed by atoms with Crippen molar-refractivity contribution in [3.63, 3.8) is 0 Å². The maximum absolute atomic E-state index is 5.97. The van der Waals surface area contributed by atoms with E-state index in [1.165, 1.54) is 11.1 Å². The normalized spacial score (nSPS) is 12.0. The molecule has 22 heavy (non-hydrogen) atoms. The molecule has 1 unspecified atom stereocenters. The Labute approximate surface area is 133 Å². The van der Waals surface area contributed by atoms with E-state index in [9.17, 15) is 0 Å². The van der Waals surface area contributed by atoms with Crippen molar-refractivity contribution in [3.05, 3.63) is 59.7 Å². The molecular weight excluding hydrogens is 274 g/mol. The molecule has 3 nitrogen and oxygen atoms in total. The second-order valence-electron chi connectivity index (χ2n) is 5.40. The molecule has 0 radical (unpaired) electrons. The van der Waals surface area contributed by atoms with Gasteiger partial charge in [0.25, 0.3) is 0 Å². The number of nitrogens with one attached hydrogen (secondary N) is 1. The van der Waals surface area contributed by atoms with Crippen LogP contribution < -0.4 is 14.8 Å². The lowest BCUT2D eigenvalue weighted by Gasteiger charge is -2.16. The standard InChI is InChI=1S/C19H25NO2/c1-4-15(2)22-19-8-6-5-7-17(19)14-20-13-16-9-11-18(21-3)12-10-16/h5-12,15,20H,4,13-14H2,1-3H3. The van der Waals surface area contributed by atoms with Crippen LogP contribution in [0.2, 0.25) is 0 Å². The molecule has 1 atom stereocenters. The number of para-hydroxylation sites is 1. The summed E-state index contributed by atoms with van der Waals surface area (Å²) in [7, 11) is 1.68. The first-order valence-electron chi connectivity index (χ1n) is 7.81. The van der Waals surface area contributed by atoms with E-state index in [-0.39, 0.29) is 6.10 Å². The van der Waals surface area contributed by atoms with E-state index < -0.39 is 0 Å². The Morgan fingerprint density at radius 3 is 2.41 bits per heavy atom. The van der Waals surface area contributed by atoms with Gasteiger partial charge < -0.3 is 14.8 Å². The van der Waals surface area contributed by atoms with E-state index in [4.69, 9.17) is 9.47 Å². The molecule has 0 spiro atoms. The van der Waals surface area contributed by atoms with Crippen LogP contribution in [0.4, 0.5) is 0 Å². The molecule has 0 aliphatic heterocycles. The quantitative estimate of drug-likeness (QED) is 0.794. The van der Waals surface area contributed by atoms with Crippen molar-refractivity contribution in [3.8, 4) is 11.5 Å². The van der Waals surface area contributed by atoms with Crippen LogP contribution in [-0.2, 0) is 13.1 Å². The molecular formula is C19H25NO2. The highest BCUT2D eigenvalue weighted by Crippen LogP contribution is 2.20. The summed E-state index contributed by atoms with van der Waals surface area (Å²) >= 11 is 0. The van der Waals surface area contributed by atoms with Crippen molar-refractivity contribution in [2.45, 2.75) is 39.5 Å². The van der Waals surface area contributed by atoms with Crippen molar-refractivity contribution in [1.82, 2.24) is 5.32 Å². The van der Waals surface area contributed by atoms with E-state index in [1.54, 1.807) is 7.11 Å². The minimum absolute atomic E-state index is 0.239. The molecule has 0 saturated carbocycles. The Bertz CT molecular complexity index is 566. The predicted molar refractivity (Wildman–Crippen MR) is 90.4 cm³/mol. The van der Waals surface area contributed by atoms with Crippen LogP contribution in [0.25, 0.3) is 0 Å². The predicted octanol–water partition coefficient (Wildman–Crippen LogP) is 4.16. The van der Waals surface area contributed by atoms with Gasteiger partial charge in [-0.05, 0) is 37.1 Å². The Kier molecular flexibility index (Phi) is 6.28. The zero-order valence-electron chi connectivity index (χ0n) is 13.6. The maximum atomic E-state index is 5.97. The fourth-order valence-electron chi connectivity index (χ4n) is 2.15. The maximum Gasteiger partial charge on any atom is 0.124 e. The van der Waals surface area contributed by atoms with Gasteiger partial charge >= 0.3 is 0 Å². The molecule has 0 aromatic heterocycles. The Morgan fingerprint density at radius 2 is 1.73 bits per heavy atom. The summed E-state index contributed by atoms with van der Waals surface area (Å²) in [5.41, 5.74) is 2.43. The zero-order chi connectivity index (χ0) is 15.8. The van der Waals surface area contributed by atoms with Crippen LogP contribution in [0.15, 0.2) is 48.5 Å². The number of hydrogen-bond acceptors (Lipinski definition) is 3. The van der Waals surface area contributed by atoms with Crippen LogP contribution in [-0.4, -0.2) is 13.2 Å². The van der Waals surface area contributed by atoms with Gasteiger partial charge in [0.1, 0.15) is 11.5 Å². The summed E-state index contributed by atoms with van der Waals surface area (Å²) in [6.07, 6.45) is 1.25. The lowest BCUT2D eigenvalue weighted by Crippen LogP contribution is -2.16. The third-order valence-electron chi connectivity index (χ3n) is 3.68. The molecule has 1 N–H and O–H groups in total. The Hall–Kier alpha value is -2.00. The SMILES string of the molecule is CCC(C)Oc1ccccc1CNCc1ccc(OC)cc1. The second kappa shape index (κ2) is 8.44. The summed E-state index contributed by atoms with van der Waals surface area (Å²) < 4.78 is 11.1. The first-order valence-corrected chi connectivity index (χ1v) is 7.81. The number of ether oxygens (including phenoxy) is 2. The average molecular weight is 299 g/mol. The molecule has 2 rings (SSSR count). The highest BCUT2D eigenvalue weighted by molar-refractivity contribution is 5.33. The summed E-state index contributed by atoms with van der Waals surface area (Å²) in [6, 6.07) is 16.3. The minimum atomic E-state index is 0.239. The number of hydrogen-bond donors (Lipinski definition) is 1. The highest BCUT2D eigenvalue weighted by Gasteiger charge is 2.06. The Balaban J connectivity index is 1.90. The lowest BCUT2D eigenvalue weighted by atomic mass is 10.1. The molecule has 0 saturated heterocycles. The summed E-state index contributed by atoms with van der Waals surface area (Å²) in [5, 5.41) is 3.47. The van der Waals surface area contributed by atoms with Crippen molar-refractivity contribution in [2.24, 2.45) is 0 Å². The van der Waals surface area contributed by atoms with Crippen LogP contribution in [0, 0.1) is 0 Å². The van der Waals surface area contributed by atoms with E-state index in [2.05, 4.69) is 37.4 Å². The van der Waals surface area contributed by atoms with Gasteiger partial charge in [-0.2, -0.15) is 0 Å². The first-order chi connectivity index (χ1) is 10.7. The van der Waals surface area contributed by atoms with Gasteiger partial charge in [0, 0.05) is 18.7 Å². The average Bonchev–Trinajstić information content (AvgIpc) is 2.57. The van der Waals surface area contributed by atoms with Crippen LogP contribution >= 0.6 is 0 Å². The van der Waals surface area contributed by atoms with Crippen molar-refractivity contribution in [1.29, 1.82) is 0 Å². The molecule has 2 aromatic carbocycles. The van der Waals surface area contributed by atoms with Gasteiger partial charge in [-0.1, -0.05) is 37.3 Å². The molecule has 2 aromatic rings. The third kappa shape index (κ3) is 4.78. The van der Waals surface area contributed by atoms with Gasteiger partial charge in [0.2, 0.25) is 0 Å². The van der Waals surface area contributed by atoms with Gasteiger partial charge in [-0.15, -0.1) is 0 Å². The van der Waals surface area contributed by atoms with Crippen molar-refractivity contribution < 1.29 is 9.47 Å². The second-order valence-corrected chi connectivity index (χ2v) is 5.40. The lowest BCUT2D eigenvalue weighted by molar-refractivity contribution is 0.215.